The van der Waals surface area contributed by atoms with Crippen molar-refractivity contribution in [2.24, 2.45) is 0 Å². The number of phenolic OH excluding ortho intramolecular Hbond substituents is 1. The molecule has 3 rings (SSSR count). The van der Waals surface area contributed by atoms with E-state index < -0.39 is 0 Å². The maximum Gasteiger partial charge on any atom is 0.257 e. The summed E-state index contributed by atoms with van der Waals surface area (Å²) in [5, 5.41) is 9.92. The van der Waals surface area contributed by atoms with Crippen LogP contribution in [0.2, 0.25) is 0 Å². The first-order valence-electron chi connectivity index (χ1n) is 7.98. The first-order chi connectivity index (χ1) is 11.1. The molecular weight excluding hydrogens is 288 g/mol. The second kappa shape index (κ2) is 6.84. The molecule has 0 aromatic heterocycles. The number of phenols is 1. The quantitative estimate of drug-likeness (QED) is 0.948. The number of nitrogens with zero attached hydrogens (tertiary/aromatic N) is 2. The van der Waals surface area contributed by atoms with Crippen LogP contribution in [0.5, 0.6) is 5.75 Å². The van der Waals surface area contributed by atoms with Gasteiger partial charge < -0.3 is 10.0 Å². The van der Waals surface area contributed by atoms with Gasteiger partial charge in [0.15, 0.2) is 0 Å². The second-order valence-corrected chi connectivity index (χ2v) is 6.07. The molecule has 1 N–H and O–H groups in total. The molecule has 0 bridgehead atoms. The van der Waals surface area contributed by atoms with Crippen molar-refractivity contribution in [1.29, 1.82) is 0 Å². The van der Waals surface area contributed by atoms with Gasteiger partial charge in [0.2, 0.25) is 0 Å². The minimum absolute atomic E-state index is 0.0623. The Hall–Kier alpha value is -2.33. The van der Waals surface area contributed by atoms with Gasteiger partial charge in [-0.15, -0.1) is 0 Å². The first kappa shape index (κ1) is 15.6. The summed E-state index contributed by atoms with van der Waals surface area (Å²) in [5.74, 6) is -0.0159. The van der Waals surface area contributed by atoms with Crippen LogP contribution in [0.25, 0.3) is 0 Å². The zero-order valence-corrected chi connectivity index (χ0v) is 13.4. The number of hydrogen-bond donors (Lipinski definition) is 1. The highest BCUT2D eigenvalue weighted by atomic mass is 16.3. The van der Waals surface area contributed by atoms with Gasteiger partial charge in [-0.1, -0.05) is 42.0 Å². The van der Waals surface area contributed by atoms with Gasteiger partial charge in [0.05, 0.1) is 5.56 Å². The van der Waals surface area contributed by atoms with E-state index in [1.807, 2.05) is 24.0 Å². The molecule has 2 aromatic rings. The van der Waals surface area contributed by atoms with Gasteiger partial charge in [-0.05, 0) is 24.6 Å². The molecular formula is C19H22N2O2. The third-order valence-electron chi connectivity index (χ3n) is 4.29. The molecule has 0 spiro atoms. The predicted octanol–water partition coefficient (Wildman–Crippen LogP) is 2.66. The summed E-state index contributed by atoms with van der Waals surface area (Å²) in [4.78, 5) is 16.8. The van der Waals surface area contributed by atoms with E-state index in [9.17, 15) is 9.90 Å². The average Bonchev–Trinajstić information content (AvgIpc) is 2.58. The molecule has 1 amide bonds. The SMILES string of the molecule is Cc1ccc(O)c(C(=O)N2CCN(Cc3ccccc3)CC2)c1. The van der Waals surface area contributed by atoms with E-state index in [2.05, 4.69) is 29.2 Å². The summed E-state index contributed by atoms with van der Waals surface area (Å²) in [6.45, 7) is 5.94. The van der Waals surface area contributed by atoms with E-state index in [-0.39, 0.29) is 11.7 Å². The summed E-state index contributed by atoms with van der Waals surface area (Å²) in [5.41, 5.74) is 2.68. The molecule has 0 aliphatic carbocycles. The molecule has 1 heterocycles. The highest BCUT2D eigenvalue weighted by Gasteiger charge is 2.23. The van der Waals surface area contributed by atoms with E-state index in [0.29, 0.717) is 18.7 Å². The summed E-state index contributed by atoms with van der Waals surface area (Å²) >= 11 is 0. The van der Waals surface area contributed by atoms with Crippen molar-refractivity contribution in [2.75, 3.05) is 26.2 Å². The molecule has 23 heavy (non-hydrogen) atoms. The van der Waals surface area contributed by atoms with Crippen LogP contribution in [0.1, 0.15) is 21.5 Å². The Morgan fingerprint density at radius 3 is 2.43 bits per heavy atom. The Morgan fingerprint density at radius 2 is 1.74 bits per heavy atom. The van der Waals surface area contributed by atoms with Crippen LogP contribution >= 0.6 is 0 Å². The third kappa shape index (κ3) is 3.71. The van der Waals surface area contributed by atoms with Crippen molar-refractivity contribution < 1.29 is 9.90 Å². The molecule has 2 aromatic carbocycles. The van der Waals surface area contributed by atoms with Crippen LogP contribution in [0, 0.1) is 6.92 Å². The Bertz CT molecular complexity index is 677. The molecule has 0 atom stereocenters. The van der Waals surface area contributed by atoms with E-state index in [1.54, 1.807) is 12.1 Å². The maximum atomic E-state index is 12.6. The van der Waals surface area contributed by atoms with Crippen molar-refractivity contribution in [3.63, 3.8) is 0 Å². The van der Waals surface area contributed by atoms with Crippen molar-refractivity contribution in [3.05, 3.63) is 65.2 Å². The Kier molecular flexibility index (Phi) is 4.63. The van der Waals surface area contributed by atoms with Gasteiger partial charge in [-0.3, -0.25) is 9.69 Å². The number of benzene rings is 2. The number of piperazine rings is 1. The van der Waals surface area contributed by atoms with Crippen LogP contribution in [-0.2, 0) is 6.54 Å². The number of aryl methyl sites for hydroxylation is 1. The van der Waals surface area contributed by atoms with Crippen LogP contribution in [-0.4, -0.2) is 47.0 Å². The number of carbonyl (C=O) groups is 1. The highest BCUT2D eigenvalue weighted by Crippen LogP contribution is 2.21. The van der Waals surface area contributed by atoms with Gasteiger partial charge in [0.25, 0.3) is 5.91 Å². The molecule has 4 nitrogen and oxygen atoms in total. The topological polar surface area (TPSA) is 43.8 Å². The normalized spacial score (nSPS) is 15.6. The summed E-state index contributed by atoms with van der Waals surface area (Å²) in [6, 6.07) is 15.5. The Labute approximate surface area is 137 Å². The fourth-order valence-electron chi connectivity index (χ4n) is 2.94. The lowest BCUT2D eigenvalue weighted by Crippen LogP contribution is -2.48. The van der Waals surface area contributed by atoms with Gasteiger partial charge in [-0.2, -0.15) is 0 Å². The smallest absolute Gasteiger partial charge is 0.257 e. The summed E-state index contributed by atoms with van der Waals surface area (Å²) in [6.07, 6.45) is 0. The van der Waals surface area contributed by atoms with E-state index in [0.717, 1.165) is 25.2 Å². The van der Waals surface area contributed by atoms with Crippen molar-refractivity contribution in [3.8, 4) is 5.75 Å². The highest BCUT2D eigenvalue weighted by molar-refractivity contribution is 5.97. The largest absolute Gasteiger partial charge is 0.507 e. The molecule has 4 heteroatoms. The van der Waals surface area contributed by atoms with Gasteiger partial charge in [0, 0.05) is 32.7 Å². The van der Waals surface area contributed by atoms with Gasteiger partial charge in [-0.25, -0.2) is 0 Å². The molecule has 120 valence electrons. The second-order valence-electron chi connectivity index (χ2n) is 6.07. The van der Waals surface area contributed by atoms with E-state index in [1.165, 1.54) is 5.56 Å². The fourth-order valence-corrected chi connectivity index (χ4v) is 2.94. The van der Waals surface area contributed by atoms with E-state index in [4.69, 9.17) is 0 Å². The Balaban J connectivity index is 1.60. The monoisotopic (exact) mass is 310 g/mol. The molecule has 1 aliphatic rings. The van der Waals surface area contributed by atoms with Crippen LogP contribution in [0.3, 0.4) is 0 Å². The lowest BCUT2D eigenvalue weighted by atomic mass is 10.1. The standard InChI is InChI=1S/C19H22N2O2/c1-15-7-8-18(22)17(13-15)19(23)21-11-9-20(10-12-21)14-16-5-3-2-4-6-16/h2-8,13,22H,9-12,14H2,1H3. The van der Waals surface area contributed by atoms with Crippen molar-refractivity contribution in [1.82, 2.24) is 9.80 Å². The van der Waals surface area contributed by atoms with Gasteiger partial charge >= 0.3 is 0 Å². The zero-order chi connectivity index (χ0) is 16.2. The van der Waals surface area contributed by atoms with Crippen LogP contribution < -0.4 is 0 Å². The van der Waals surface area contributed by atoms with Gasteiger partial charge in [0.1, 0.15) is 5.75 Å². The minimum Gasteiger partial charge on any atom is -0.507 e. The molecule has 0 unspecified atom stereocenters. The van der Waals surface area contributed by atoms with Crippen molar-refractivity contribution in [2.45, 2.75) is 13.5 Å². The molecule has 1 saturated heterocycles. The molecule has 0 saturated carbocycles. The molecule has 0 radical (unpaired) electrons. The maximum absolute atomic E-state index is 12.6. The molecule has 1 aliphatic heterocycles. The Morgan fingerprint density at radius 1 is 1.04 bits per heavy atom. The molecule has 1 fully saturated rings. The number of amides is 1. The zero-order valence-electron chi connectivity index (χ0n) is 13.4. The first-order valence-corrected chi connectivity index (χ1v) is 7.98. The minimum atomic E-state index is -0.0782. The fraction of sp³-hybridized carbons (Fsp3) is 0.316. The van der Waals surface area contributed by atoms with Crippen LogP contribution in [0.4, 0.5) is 0 Å². The number of hydrogen-bond acceptors (Lipinski definition) is 3. The predicted molar refractivity (Wildman–Crippen MR) is 90.5 cm³/mol. The van der Waals surface area contributed by atoms with Crippen molar-refractivity contribution >= 4 is 5.91 Å². The van der Waals surface area contributed by atoms with E-state index >= 15 is 0 Å². The number of carbonyl (C=O) groups excluding carboxylic acids is 1. The van der Waals surface area contributed by atoms with Crippen LogP contribution in [0.15, 0.2) is 48.5 Å². The number of rotatable bonds is 3. The lowest BCUT2D eigenvalue weighted by Gasteiger charge is -2.35. The number of aromatic hydroxyl groups is 1. The summed E-state index contributed by atoms with van der Waals surface area (Å²) in [7, 11) is 0. The summed E-state index contributed by atoms with van der Waals surface area (Å²) < 4.78 is 0. The third-order valence-corrected chi connectivity index (χ3v) is 4.29. The lowest BCUT2D eigenvalue weighted by molar-refractivity contribution is 0.0625. The average molecular weight is 310 g/mol.